The molecule has 254 valence electrons. The van der Waals surface area contributed by atoms with Gasteiger partial charge in [-0.15, -0.1) is 0 Å². The molecule has 2 radical (unpaired) electrons. The zero-order chi connectivity index (χ0) is 35.4. The molecule has 0 aromatic carbocycles. The molecule has 0 amide bonds. The van der Waals surface area contributed by atoms with Crippen molar-refractivity contribution in [3.05, 3.63) is 0 Å². The van der Waals surface area contributed by atoms with Gasteiger partial charge in [0.15, 0.2) is 0 Å². The topological polar surface area (TPSA) is 402 Å². The molecule has 20 nitrogen and oxygen atoms in total. The maximum atomic E-state index is 9.00. The van der Waals surface area contributed by atoms with Crippen molar-refractivity contribution in [1.29, 1.82) is 0 Å². The summed E-state index contributed by atoms with van der Waals surface area (Å²) in [6.07, 6.45) is 0. The average Bonchev–Trinajstić information content (AvgIpc) is 2.64. The predicted molar refractivity (Wildman–Crippen MR) is 159 cm³/mol. The molecule has 46 heavy (non-hydrogen) atoms. The number of rotatable bonds is 2. The van der Waals surface area contributed by atoms with Crippen molar-refractivity contribution in [3.63, 3.8) is 0 Å². The Morgan fingerprint density at radius 2 is 0.348 bits per heavy atom. The van der Waals surface area contributed by atoms with Crippen molar-refractivity contribution < 1.29 is 203 Å². The normalized spacial score (nSPS) is 5.65. The summed E-state index contributed by atoms with van der Waals surface area (Å²) in [6.45, 7) is 11.1. The molecule has 0 aliphatic heterocycles. The van der Waals surface area contributed by atoms with Crippen LogP contribution in [-0.2, 0) is 38.4 Å². The molecule has 0 aliphatic rings. The fourth-order valence-corrected chi connectivity index (χ4v) is 0. The molecular weight excluding hydrogens is 690 g/mol. The van der Waals surface area contributed by atoms with E-state index in [0.29, 0.717) is 26.2 Å². The van der Waals surface area contributed by atoms with Crippen LogP contribution in [0.15, 0.2) is 0 Å². The van der Waals surface area contributed by atoms with E-state index < -0.39 is 47.8 Å². The first-order valence-corrected chi connectivity index (χ1v) is 10.1. The predicted octanol–water partition coefficient (Wildman–Crippen LogP) is -13.8. The van der Waals surface area contributed by atoms with Gasteiger partial charge in [0, 0.05) is 141 Å². The van der Waals surface area contributed by atoms with Crippen molar-refractivity contribution in [1.82, 2.24) is 0 Å². The van der Waals surface area contributed by atoms with Gasteiger partial charge in [0.2, 0.25) is 0 Å². The molecule has 0 atom stereocenters. The largest absolute Gasteiger partial charge is 1.00 e. The number of hydrogen-bond donors (Lipinski definition) is 12. The van der Waals surface area contributed by atoms with Crippen molar-refractivity contribution in [3.8, 4) is 0 Å². The summed E-state index contributed by atoms with van der Waals surface area (Å²) in [4.78, 5) is 72.0. The van der Waals surface area contributed by atoms with Crippen LogP contribution in [0.5, 0.6) is 0 Å². The first-order valence-electron chi connectivity index (χ1n) is 10.1. The summed E-state index contributed by atoms with van der Waals surface area (Å²) in [6, 6.07) is 0. The second-order valence-electron chi connectivity index (χ2n) is 5.31. The molecule has 0 fully saturated rings. The van der Waals surface area contributed by atoms with Crippen LogP contribution < -0.4 is 141 Å². The van der Waals surface area contributed by atoms with Crippen molar-refractivity contribution in [2.24, 2.45) is 22.9 Å². The first kappa shape index (κ1) is 104. The monoisotopic (exact) mass is 742 g/mol. The van der Waals surface area contributed by atoms with E-state index in [4.69, 9.17) is 102 Å². The molecule has 0 aromatic rings. The Kier molecular flexibility index (Phi) is 249. The Morgan fingerprint density at radius 1 is 0.326 bits per heavy atom. The molecule has 0 aromatic heterocycles. The van der Waals surface area contributed by atoms with Crippen molar-refractivity contribution in [2.45, 2.75) is 55.4 Å². The Bertz CT molecular complexity index is 477. The summed E-state index contributed by atoms with van der Waals surface area (Å²) >= 11 is 0. The van der Waals surface area contributed by atoms with E-state index in [1.165, 1.54) is 0 Å². The van der Waals surface area contributed by atoms with Gasteiger partial charge in [0.05, 0.1) is 0 Å². The summed E-state index contributed by atoms with van der Waals surface area (Å²) in [7, 11) is 0. The van der Waals surface area contributed by atoms with E-state index in [0.717, 1.165) is 55.4 Å². The van der Waals surface area contributed by atoms with Gasteiger partial charge in [-0.3, -0.25) is 38.4 Å². The Morgan fingerprint density at radius 3 is 0.348 bits per heavy atom. The van der Waals surface area contributed by atoms with Gasteiger partial charge in [-0.05, 0) is 0 Å². The van der Waals surface area contributed by atoms with Crippen molar-refractivity contribution >= 4 is 107 Å². The van der Waals surface area contributed by atoms with Crippen LogP contribution in [0.25, 0.3) is 0 Å². The molecule has 0 heterocycles. The van der Waals surface area contributed by atoms with E-state index >= 15 is 0 Å². The van der Waals surface area contributed by atoms with Crippen LogP contribution in [0.4, 0.5) is 0 Å². The second-order valence-corrected chi connectivity index (χ2v) is 5.31. The number of carboxylic acids is 8. The number of carbonyl (C=O) groups is 8. The van der Waals surface area contributed by atoms with Gasteiger partial charge < -0.3 is 69.5 Å². The van der Waals surface area contributed by atoms with Gasteiger partial charge in [-0.2, -0.15) is 0 Å². The third-order valence-electron chi connectivity index (χ3n) is 0.333. The van der Waals surface area contributed by atoms with Crippen LogP contribution >= 0.6 is 0 Å². The molecule has 0 bridgehead atoms. The SMILES string of the molecule is CC(=O)O.CC(=O)O.CC(=O)O.CC(=O)O.CC(=O)O.CC(=O)O.CC(=O)O.CC(=O)O.NCCN.NCCN.[H-].[H-].[H-].[H-].[Na+].[Na+].[Na+].[Na+].[Na].[Na]. The number of hydrogen-bond acceptors (Lipinski definition) is 12. The second kappa shape index (κ2) is 111. The smallest absolute Gasteiger partial charge is 1.00 e. The Balaban J connectivity index is -0.0000000109. The Hall–Kier alpha value is 1.60. The summed E-state index contributed by atoms with van der Waals surface area (Å²) in [5, 5.41) is 59.3. The standard InChI is InChI=1S/2C2H8N2.8C2H4O2.6Na.4H/c2*3-1-2-4;8*1-2(3)4;;;;;;;;;;/h2*1-4H2;8*1H3,(H,3,4);;;;;;;;;;/q;;;;;;;;;;;;4*+1;4*-1. The average molecular weight is 743 g/mol. The van der Waals surface area contributed by atoms with E-state index in [1.807, 2.05) is 0 Å². The minimum absolute atomic E-state index is 0. The quantitative estimate of drug-likeness (QED) is 0.117. The molecule has 0 unspecified atom stereocenters. The maximum Gasteiger partial charge on any atom is 1.00 e. The molecule has 0 rings (SSSR count). The summed E-state index contributed by atoms with van der Waals surface area (Å²) in [5.41, 5.74) is 19.6. The van der Waals surface area contributed by atoms with Gasteiger partial charge in [0.25, 0.3) is 47.8 Å². The third-order valence-corrected chi connectivity index (χ3v) is 0.333. The minimum atomic E-state index is -0.833. The number of carboxylic acid groups (broad SMARTS) is 8. The van der Waals surface area contributed by atoms with E-state index in [1.54, 1.807) is 0 Å². The van der Waals surface area contributed by atoms with Gasteiger partial charge in [-0.25, -0.2) is 0 Å². The van der Waals surface area contributed by atoms with Gasteiger partial charge in [0.1, 0.15) is 0 Å². The van der Waals surface area contributed by atoms with Crippen LogP contribution in [0.1, 0.15) is 61.1 Å². The van der Waals surface area contributed by atoms with Gasteiger partial charge in [-0.1, -0.05) is 0 Å². The molecule has 16 N–H and O–H groups in total. The number of aliphatic carboxylic acids is 8. The first-order chi connectivity index (χ1) is 17.7. The zero-order valence-corrected chi connectivity index (χ0v) is 42.0. The van der Waals surface area contributed by atoms with Crippen molar-refractivity contribution in [2.75, 3.05) is 26.2 Å². The van der Waals surface area contributed by atoms with E-state index in [9.17, 15) is 0 Å². The molecule has 0 aliphatic carbocycles. The van der Waals surface area contributed by atoms with Crippen LogP contribution in [0, 0.1) is 0 Å². The maximum absolute atomic E-state index is 9.00. The molecule has 0 spiro atoms. The fraction of sp³-hybridized carbons (Fsp3) is 0.600. The molecule has 0 saturated heterocycles. The zero-order valence-electron chi connectivity index (χ0n) is 34.0. The van der Waals surface area contributed by atoms with Crippen LogP contribution in [-0.4, -0.2) is 174 Å². The minimum Gasteiger partial charge on any atom is -1.00 e. The fourth-order valence-electron chi connectivity index (χ4n) is 0. The molecule has 0 saturated carbocycles. The Labute approximate surface area is 408 Å². The van der Waals surface area contributed by atoms with E-state index in [2.05, 4.69) is 0 Å². The summed E-state index contributed by atoms with van der Waals surface area (Å²) in [5.74, 6) is -6.67. The third kappa shape index (κ3) is 7000. The molecule has 26 heteroatoms. The van der Waals surface area contributed by atoms with Crippen LogP contribution in [0.2, 0.25) is 0 Å². The molecular formula is C20H52N4Na6O16. The van der Waals surface area contributed by atoms with Crippen LogP contribution in [0.3, 0.4) is 0 Å². The van der Waals surface area contributed by atoms with E-state index in [-0.39, 0.29) is 183 Å². The van der Waals surface area contributed by atoms with Gasteiger partial charge >= 0.3 is 118 Å². The number of nitrogens with two attached hydrogens (primary N) is 4. The summed E-state index contributed by atoms with van der Waals surface area (Å²) < 4.78 is 0.